The van der Waals surface area contributed by atoms with E-state index in [0.29, 0.717) is 5.92 Å². The summed E-state index contributed by atoms with van der Waals surface area (Å²) < 4.78 is 0. The molecular weight excluding hydrogens is 316 g/mol. The highest BCUT2D eigenvalue weighted by Crippen LogP contribution is 2.35. The molecule has 4 rings (SSSR count). The predicted molar refractivity (Wildman–Crippen MR) is 95.6 cm³/mol. The van der Waals surface area contributed by atoms with Crippen LogP contribution in [-0.2, 0) is 16.0 Å². The van der Waals surface area contributed by atoms with Crippen molar-refractivity contribution < 1.29 is 9.59 Å². The zero-order chi connectivity index (χ0) is 17.2. The van der Waals surface area contributed by atoms with E-state index in [1.807, 2.05) is 12.1 Å². The van der Waals surface area contributed by atoms with Crippen LogP contribution in [0.2, 0.25) is 0 Å². The van der Waals surface area contributed by atoms with Crippen LogP contribution in [0.5, 0.6) is 0 Å². The number of carbonyl (C=O) groups excluding carboxylic acids is 2. The van der Waals surface area contributed by atoms with Crippen molar-refractivity contribution in [3.8, 4) is 0 Å². The van der Waals surface area contributed by atoms with E-state index in [0.717, 1.165) is 44.5 Å². The number of hydrogen-bond donors (Lipinski definition) is 4. The van der Waals surface area contributed by atoms with E-state index in [2.05, 4.69) is 33.6 Å². The van der Waals surface area contributed by atoms with E-state index >= 15 is 0 Å². The van der Waals surface area contributed by atoms with Crippen LogP contribution in [0.3, 0.4) is 0 Å². The van der Waals surface area contributed by atoms with Gasteiger partial charge < -0.3 is 10.6 Å². The molecule has 1 aromatic rings. The first-order valence-electron chi connectivity index (χ1n) is 9.36. The van der Waals surface area contributed by atoms with Crippen LogP contribution in [-0.4, -0.2) is 30.9 Å². The molecular formula is C19H26N4O2. The minimum atomic E-state index is 0.0851. The Hall–Kier alpha value is -1.92. The summed E-state index contributed by atoms with van der Waals surface area (Å²) in [5.74, 6) is 0.875. The predicted octanol–water partition coefficient (Wildman–Crippen LogP) is 1.20. The number of hydrazine groups is 1. The molecule has 6 nitrogen and oxygen atoms in total. The number of nitrogens with one attached hydrogen (secondary N) is 4. The van der Waals surface area contributed by atoms with E-state index in [1.165, 1.54) is 12.0 Å². The Kier molecular flexibility index (Phi) is 4.72. The molecule has 3 fully saturated rings. The number of amides is 2. The quantitative estimate of drug-likeness (QED) is 0.663. The summed E-state index contributed by atoms with van der Waals surface area (Å²) in [5, 5.41) is 6.14. The van der Waals surface area contributed by atoms with Gasteiger partial charge in [0.05, 0.1) is 5.92 Å². The molecule has 1 aromatic carbocycles. The fourth-order valence-corrected chi connectivity index (χ4v) is 4.28. The maximum atomic E-state index is 12.1. The molecule has 2 heterocycles. The molecule has 2 amide bonds. The fraction of sp³-hybridized carbons (Fsp3) is 0.579. The Balaban J connectivity index is 1.42. The standard InChI is InChI=1S/C19H26N4O2/c24-18(13-10-20-11-13)21-14-5-3-4-12(8-14)9-17-15-6-1-2-7-16(15)19(25)23-22-17/h3-5,8,13,15-17,20,22H,1-2,6-7,9-11H2,(H,21,24)(H,23,25). The van der Waals surface area contributed by atoms with E-state index in [1.54, 1.807) is 0 Å². The summed E-state index contributed by atoms with van der Waals surface area (Å²) in [5.41, 5.74) is 8.12. The molecule has 6 heteroatoms. The van der Waals surface area contributed by atoms with Crippen LogP contribution in [0, 0.1) is 17.8 Å². The van der Waals surface area contributed by atoms with Crippen LogP contribution in [0.1, 0.15) is 31.2 Å². The largest absolute Gasteiger partial charge is 0.326 e. The molecule has 2 saturated heterocycles. The minimum Gasteiger partial charge on any atom is -0.326 e. The van der Waals surface area contributed by atoms with Crippen LogP contribution < -0.4 is 21.5 Å². The molecule has 134 valence electrons. The second kappa shape index (κ2) is 7.14. The van der Waals surface area contributed by atoms with Gasteiger partial charge in [-0.15, -0.1) is 0 Å². The summed E-state index contributed by atoms with van der Waals surface area (Å²) in [7, 11) is 0. The first-order valence-corrected chi connectivity index (χ1v) is 9.36. The van der Waals surface area contributed by atoms with Gasteiger partial charge in [0.1, 0.15) is 0 Å². The van der Waals surface area contributed by atoms with E-state index in [-0.39, 0.29) is 29.7 Å². The Morgan fingerprint density at radius 1 is 1.20 bits per heavy atom. The summed E-state index contributed by atoms with van der Waals surface area (Å²) in [6, 6.07) is 8.33. The molecule has 0 bridgehead atoms. The minimum absolute atomic E-state index is 0.0851. The van der Waals surface area contributed by atoms with E-state index < -0.39 is 0 Å². The van der Waals surface area contributed by atoms with Gasteiger partial charge in [0.15, 0.2) is 0 Å². The van der Waals surface area contributed by atoms with Crippen molar-refractivity contribution in [1.82, 2.24) is 16.2 Å². The average Bonchev–Trinajstić information content (AvgIpc) is 2.56. The molecule has 3 atom stereocenters. The van der Waals surface area contributed by atoms with Gasteiger partial charge >= 0.3 is 0 Å². The zero-order valence-corrected chi connectivity index (χ0v) is 14.4. The van der Waals surface area contributed by atoms with Gasteiger partial charge in [-0.1, -0.05) is 25.0 Å². The summed E-state index contributed by atoms with van der Waals surface area (Å²) in [6.07, 6.45) is 5.33. The van der Waals surface area contributed by atoms with Gasteiger partial charge in [-0.2, -0.15) is 0 Å². The molecule has 2 aliphatic heterocycles. The first kappa shape index (κ1) is 16.5. The van der Waals surface area contributed by atoms with Crippen molar-refractivity contribution in [2.24, 2.45) is 17.8 Å². The third-order valence-electron chi connectivity index (χ3n) is 5.86. The van der Waals surface area contributed by atoms with Gasteiger partial charge in [-0.3, -0.25) is 15.0 Å². The number of hydrogen-bond acceptors (Lipinski definition) is 4. The first-order chi connectivity index (χ1) is 12.2. The number of benzene rings is 1. The molecule has 0 radical (unpaired) electrons. The maximum absolute atomic E-state index is 12.1. The van der Waals surface area contributed by atoms with Gasteiger partial charge in [0.25, 0.3) is 0 Å². The Bertz CT molecular complexity index is 659. The van der Waals surface area contributed by atoms with Gasteiger partial charge in [0, 0.05) is 30.7 Å². The lowest BCUT2D eigenvalue weighted by atomic mass is 9.72. The third-order valence-corrected chi connectivity index (χ3v) is 5.86. The van der Waals surface area contributed by atoms with Gasteiger partial charge in [0.2, 0.25) is 11.8 Å². The van der Waals surface area contributed by atoms with Crippen molar-refractivity contribution in [3.63, 3.8) is 0 Å². The number of anilines is 1. The SMILES string of the molecule is O=C(Nc1cccc(CC2NNC(=O)C3CCCCC23)c1)C1CNC1. The highest BCUT2D eigenvalue weighted by molar-refractivity contribution is 5.93. The molecule has 1 aliphatic carbocycles. The smallest absolute Gasteiger partial charge is 0.237 e. The van der Waals surface area contributed by atoms with E-state index in [9.17, 15) is 9.59 Å². The molecule has 0 aromatic heterocycles. The zero-order valence-electron chi connectivity index (χ0n) is 14.4. The molecule has 3 unspecified atom stereocenters. The van der Waals surface area contributed by atoms with Crippen molar-refractivity contribution >= 4 is 17.5 Å². The lowest BCUT2D eigenvalue weighted by molar-refractivity contribution is -0.133. The molecule has 4 N–H and O–H groups in total. The fourth-order valence-electron chi connectivity index (χ4n) is 4.28. The van der Waals surface area contributed by atoms with Gasteiger partial charge in [-0.25, -0.2) is 5.43 Å². The molecule has 1 saturated carbocycles. The summed E-state index contributed by atoms with van der Waals surface area (Å²) >= 11 is 0. The van der Waals surface area contributed by atoms with Crippen molar-refractivity contribution in [3.05, 3.63) is 29.8 Å². The van der Waals surface area contributed by atoms with Gasteiger partial charge in [-0.05, 0) is 42.9 Å². The van der Waals surface area contributed by atoms with Crippen molar-refractivity contribution in [1.29, 1.82) is 0 Å². The van der Waals surface area contributed by atoms with Crippen LogP contribution >= 0.6 is 0 Å². The Labute approximate surface area is 148 Å². The Morgan fingerprint density at radius 3 is 2.84 bits per heavy atom. The average molecular weight is 342 g/mol. The van der Waals surface area contributed by atoms with Crippen molar-refractivity contribution in [2.45, 2.75) is 38.1 Å². The topological polar surface area (TPSA) is 82.3 Å². The summed E-state index contributed by atoms with van der Waals surface area (Å²) in [6.45, 7) is 1.53. The molecule has 0 spiro atoms. The number of rotatable bonds is 4. The maximum Gasteiger partial charge on any atom is 0.237 e. The lowest BCUT2D eigenvalue weighted by Gasteiger charge is -2.41. The lowest BCUT2D eigenvalue weighted by Crippen LogP contribution is -2.60. The number of fused-ring (bicyclic) bond motifs is 1. The monoisotopic (exact) mass is 342 g/mol. The molecule has 25 heavy (non-hydrogen) atoms. The second-order valence-corrected chi connectivity index (χ2v) is 7.54. The van der Waals surface area contributed by atoms with E-state index in [4.69, 9.17) is 0 Å². The highest BCUT2D eigenvalue weighted by atomic mass is 16.2. The Morgan fingerprint density at radius 2 is 2.04 bits per heavy atom. The van der Waals surface area contributed by atoms with Crippen molar-refractivity contribution in [2.75, 3.05) is 18.4 Å². The highest BCUT2D eigenvalue weighted by Gasteiger charge is 2.39. The third kappa shape index (κ3) is 3.55. The number of carbonyl (C=O) groups is 2. The second-order valence-electron chi connectivity index (χ2n) is 7.54. The normalized spacial score (nSPS) is 29.3. The van der Waals surface area contributed by atoms with Crippen LogP contribution in [0.4, 0.5) is 5.69 Å². The van der Waals surface area contributed by atoms with Crippen LogP contribution in [0.25, 0.3) is 0 Å². The summed E-state index contributed by atoms with van der Waals surface area (Å²) in [4.78, 5) is 24.2. The van der Waals surface area contributed by atoms with Crippen LogP contribution in [0.15, 0.2) is 24.3 Å². The molecule has 3 aliphatic rings.